The monoisotopic (exact) mass is 316 g/mol. The number of hydrogen-bond donors (Lipinski definition) is 2. The molecule has 1 amide bonds. The van der Waals surface area contributed by atoms with Crippen molar-refractivity contribution in [3.63, 3.8) is 0 Å². The van der Waals surface area contributed by atoms with E-state index in [0.29, 0.717) is 12.1 Å². The molecule has 0 spiro atoms. The molecule has 3 N–H and O–H groups in total. The standard InChI is InChI=1S/C15H19F3N2O2/c16-15(17,18)22-12-5-3-11(4-6-12)9-13(21)20-14(10-19)7-1-2-8-14/h3-6H,1-2,7-10,19H2,(H,20,21). The van der Waals surface area contributed by atoms with E-state index in [1.165, 1.54) is 24.3 Å². The maximum absolute atomic E-state index is 12.1. The molecule has 4 nitrogen and oxygen atoms in total. The van der Waals surface area contributed by atoms with Crippen molar-refractivity contribution in [3.8, 4) is 5.75 Å². The van der Waals surface area contributed by atoms with Crippen LogP contribution in [0.2, 0.25) is 0 Å². The molecule has 0 atom stereocenters. The highest BCUT2D eigenvalue weighted by Crippen LogP contribution is 2.28. The van der Waals surface area contributed by atoms with E-state index in [0.717, 1.165) is 25.7 Å². The molecule has 1 fully saturated rings. The zero-order valence-electron chi connectivity index (χ0n) is 12.1. The second kappa shape index (κ2) is 6.56. The lowest BCUT2D eigenvalue weighted by molar-refractivity contribution is -0.274. The summed E-state index contributed by atoms with van der Waals surface area (Å²) in [5.41, 5.74) is 6.05. The van der Waals surface area contributed by atoms with Crippen molar-refractivity contribution in [2.75, 3.05) is 6.54 Å². The second-order valence-corrected chi connectivity index (χ2v) is 5.61. The smallest absolute Gasteiger partial charge is 0.406 e. The lowest BCUT2D eigenvalue weighted by Gasteiger charge is -2.28. The number of rotatable bonds is 5. The Bertz CT molecular complexity index is 509. The topological polar surface area (TPSA) is 64.3 Å². The first kappa shape index (κ1) is 16.6. The SMILES string of the molecule is NCC1(NC(=O)Cc2ccc(OC(F)(F)F)cc2)CCCC1. The second-order valence-electron chi connectivity index (χ2n) is 5.61. The van der Waals surface area contributed by atoms with Crippen molar-refractivity contribution in [3.05, 3.63) is 29.8 Å². The first-order valence-electron chi connectivity index (χ1n) is 7.18. The molecule has 0 heterocycles. The quantitative estimate of drug-likeness (QED) is 0.877. The number of hydrogen-bond acceptors (Lipinski definition) is 3. The number of ether oxygens (including phenoxy) is 1. The molecule has 0 unspecified atom stereocenters. The van der Waals surface area contributed by atoms with Gasteiger partial charge >= 0.3 is 6.36 Å². The van der Waals surface area contributed by atoms with Gasteiger partial charge < -0.3 is 15.8 Å². The first-order chi connectivity index (χ1) is 10.3. The molecular weight excluding hydrogens is 297 g/mol. The highest BCUT2D eigenvalue weighted by molar-refractivity contribution is 5.79. The average Bonchev–Trinajstić information content (AvgIpc) is 2.88. The number of halogens is 3. The van der Waals surface area contributed by atoms with Crippen LogP contribution in [0.4, 0.5) is 13.2 Å². The van der Waals surface area contributed by atoms with E-state index in [4.69, 9.17) is 5.73 Å². The molecule has 2 rings (SSSR count). The molecule has 0 bridgehead atoms. The molecule has 0 saturated heterocycles. The van der Waals surface area contributed by atoms with E-state index in [9.17, 15) is 18.0 Å². The fourth-order valence-electron chi connectivity index (χ4n) is 2.77. The molecule has 1 aromatic rings. The highest BCUT2D eigenvalue weighted by atomic mass is 19.4. The summed E-state index contributed by atoms with van der Waals surface area (Å²) in [5.74, 6) is -0.470. The number of alkyl halides is 3. The van der Waals surface area contributed by atoms with Crippen LogP contribution < -0.4 is 15.8 Å². The molecule has 122 valence electrons. The van der Waals surface area contributed by atoms with Gasteiger partial charge in [0, 0.05) is 6.54 Å². The third kappa shape index (κ3) is 4.62. The Hall–Kier alpha value is -1.76. The van der Waals surface area contributed by atoms with Crippen LogP contribution in [-0.2, 0) is 11.2 Å². The highest BCUT2D eigenvalue weighted by Gasteiger charge is 2.34. The third-order valence-corrected chi connectivity index (χ3v) is 3.88. The molecule has 22 heavy (non-hydrogen) atoms. The summed E-state index contributed by atoms with van der Waals surface area (Å²) in [7, 11) is 0. The summed E-state index contributed by atoms with van der Waals surface area (Å²) in [6.07, 6.45) is -0.786. The van der Waals surface area contributed by atoms with Gasteiger partial charge in [0.15, 0.2) is 0 Å². The van der Waals surface area contributed by atoms with Crippen molar-refractivity contribution >= 4 is 5.91 Å². The molecular formula is C15H19F3N2O2. The van der Waals surface area contributed by atoms with Crippen LogP contribution in [-0.4, -0.2) is 24.4 Å². The maximum atomic E-state index is 12.1. The van der Waals surface area contributed by atoms with Crippen molar-refractivity contribution in [2.24, 2.45) is 5.73 Å². The summed E-state index contributed by atoms with van der Waals surface area (Å²) in [6.45, 7) is 0.400. The number of nitrogens with one attached hydrogen (secondary N) is 1. The number of amides is 1. The Balaban J connectivity index is 1.91. The molecule has 0 aliphatic heterocycles. The first-order valence-corrected chi connectivity index (χ1v) is 7.18. The van der Waals surface area contributed by atoms with Gasteiger partial charge in [-0.15, -0.1) is 13.2 Å². The molecule has 1 aliphatic rings. The van der Waals surface area contributed by atoms with Gasteiger partial charge in [-0.2, -0.15) is 0 Å². The lowest BCUT2D eigenvalue weighted by Crippen LogP contribution is -2.52. The van der Waals surface area contributed by atoms with Crippen molar-refractivity contribution in [1.29, 1.82) is 0 Å². The predicted molar refractivity (Wildman–Crippen MR) is 75.2 cm³/mol. The van der Waals surface area contributed by atoms with Crippen LogP contribution in [0.25, 0.3) is 0 Å². The summed E-state index contributed by atoms with van der Waals surface area (Å²) >= 11 is 0. The Labute approximate surface area is 126 Å². The van der Waals surface area contributed by atoms with Gasteiger partial charge in [-0.1, -0.05) is 25.0 Å². The van der Waals surface area contributed by atoms with Gasteiger partial charge in [-0.3, -0.25) is 4.79 Å². The summed E-state index contributed by atoms with van der Waals surface area (Å²) in [4.78, 5) is 12.1. The summed E-state index contributed by atoms with van der Waals surface area (Å²) in [5, 5.41) is 2.97. The summed E-state index contributed by atoms with van der Waals surface area (Å²) < 4.78 is 40.0. The molecule has 7 heteroatoms. The number of carbonyl (C=O) groups excluding carboxylic acids is 1. The van der Waals surface area contributed by atoms with Crippen molar-refractivity contribution < 1.29 is 22.7 Å². The Morgan fingerprint density at radius 3 is 2.32 bits per heavy atom. The van der Waals surface area contributed by atoms with Gasteiger partial charge in [0.05, 0.1) is 12.0 Å². The molecule has 0 aromatic heterocycles. The largest absolute Gasteiger partial charge is 0.573 e. The van der Waals surface area contributed by atoms with Gasteiger partial charge in [0.1, 0.15) is 5.75 Å². The average molecular weight is 316 g/mol. The van der Waals surface area contributed by atoms with Crippen LogP contribution in [0.5, 0.6) is 5.75 Å². The zero-order chi connectivity index (χ0) is 16.2. The summed E-state index contributed by atoms with van der Waals surface area (Å²) in [6, 6.07) is 5.30. The third-order valence-electron chi connectivity index (χ3n) is 3.88. The molecule has 1 aromatic carbocycles. The van der Waals surface area contributed by atoms with Crippen LogP contribution in [0.15, 0.2) is 24.3 Å². The fraction of sp³-hybridized carbons (Fsp3) is 0.533. The van der Waals surface area contributed by atoms with E-state index in [-0.39, 0.29) is 23.6 Å². The Morgan fingerprint density at radius 2 is 1.82 bits per heavy atom. The van der Waals surface area contributed by atoms with Crippen LogP contribution in [0.3, 0.4) is 0 Å². The molecule has 1 saturated carbocycles. The predicted octanol–water partition coefficient (Wildman–Crippen LogP) is 2.52. The number of benzene rings is 1. The van der Waals surface area contributed by atoms with Crippen LogP contribution in [0.1, 0.15) is 31.2 Å². The normalized spacial score (nSPS) is 17.3. The minimum absolute atomic E-state index is 0.105. The molecule has 0 radical (unpaired) electrons. The lowest BCUT2D eigenvalue weighted by atomic mass is 9.97. The van der Waals surface area contributed by atoms with Crippen LogP contribution >= 0.6 is 0 Å². The van der Waals surface area contributed by atoms with E-state index in [1.807, 2.05) is 0 Å². The minimum Gasteiger partial charge on any atom is -0.406 e. The van der Waals surface area contributed by atoms with E-state index >= 15 is 0 Å². The Kier molecular flexibility index (Phi) is 4.95. The zero-order valence-corrected chi connectivity index (χ0v) is 12.1. The van der Waals surface area contributed by atoms with E-state index < -0.39 is 6.36 Å². The van der Waals surface area contributed by atoms with Gasteiger partial charge in [-0.05, 0) is 30.5 Å². The van der Waals surface area contributed by atoms with Gasteiger partial charge in [-0.25, -0.2) is 0 Å². The maximum Gasteiger partial charge on any atom is 0.573 e. The van der Waals surface area contributed by atoms with E-state index in [2.05, 4.69) is 10.1 Å². The Morgan fingerprint density at radius 1 is 1.23 bits per heavy atom. The van der Waals surface area contributed by atoms with Crippen molar-refractivity contribution in [2.45, 2.75) is 44.0 Å². The fourth-order valence-corrected chi connectivity index (χ4v) is 2.77. The number of carbonyl (C=O) groups is 1. The minimum atomic E-state index is -4.71. The van der Waals surface area contributed by atoms with Gasteiger partial charge in [0.25, 0.3) is 0 Å². The van der Waals surface area contributed by atoms with Crippen molar-refractivity contribution in [1.82, 2.24) is 5.32 Å². The molecule has 1 aliphatic carbocycles. The van der Waals surface area contributed by atoms with Crippen LogP contribution in [0, 0.1) is 0 Å². The number of nitrogens with two attached hydrogens (primary N) is 1. The van der Waals surface area contributed by atoms with E-state index in [1.54, 1.807) is 0 Å². The van der Waals surface area contributed by atoms with Gasteiger partial charge in [0.2, 0.25) is 5.91 Å².